The van der Waals surface area contributed by atoms with Gasteiger partial charge in [-0.3, -0.25) is 0 Å². The molecule has 1 aliphatic rings. The van der Waals surface area contributed by atoms with E-state index < -0.39 is 10.0 Å². The van der Waals surface area contributed by atoms with Gasteiger partial charge < -0.3 is 0 Å². The second kappa shape index (κ2) is 6.99. The zero-order valence-corrected chi connectivity index (χ0v) is 15.5. The van der Waals surface area contributed by atoms with Crippen LogP contribution in [-0.4, -0.2) is 25.3 Å². The highest BCUT2D eigenvalue weighted by atomic mass is 79.9. The van der Waals surface area contributed by atoms with E-state index in [4.69, 9.17) is 11.6 Å². The average molecular weight is 395 g/mol. The Morgan fingerprint density at radius 1 is 1.38 bits per heavy atom. The molecule has 1 aromatic carbocycles. The van der Waals surface area contributed by atoms with Crippen LogP contribution in [0.2, 0.25) is 0 Å². The van der Waals surface area contributed by atoms with Crippen LogP contribution in [0.4, 0.5) is 0 Å². The number of hydrogen-bond acceptors (Lipinski definition) is 2. The molecule has 1 fully saturated rings. The first kappa shape index (κ1) is 17.3. The van der Waals surface area contributed by atoms with Crippen molar-refractivity contribution in [2.24, 2.45) is 5.92 Å². The molecule has 118 valence electrons. The van der Waals surface area contributed by atoms with Gasteiger partial charge >= 0.3 is 0 Å². The fourth-order valence-corrected chi connectivity index (χ4v) is 5.04. The normalized spacial score (nSPS) is 15.9. The standard InChI is InChI=1S/C15H21BrClNO2S/c1-11(2)7-8-18(13-4-5-13)21(19,20)15-9-12(10-17)3-6-14(15)16/h3,6,9,11,13H,4-5,7-8,10H2,1-2H3. The zero-order valence-electron chi connectivity index (χ0n) is 12.4. The van der Waals surface area contributed by atoms with Crippen LogP contribution in [0.5, 0.6) is 0 Å². The fraction of sp³-hybridized carbons (Fsp3) is 0.600. The maximum Gasteiger partial charge on any atom is 0.244 e. The van der Waals surface area contributed by atoms with E-state index in [0.29, 0.717) is 27.7 Å². The second-order valence-electron chi connectivity index (χ2n) is 5.93. The number of sulfonamides is 1. The van der Waals surface area contributed by atoms with Crippen molar-refractivity contribution in [3.8, 4) is 0 Å². The molecular weight excluding hydrogens is 374 g/mol. The van der Waals surface area contributed by atoms with Crippen molar-refractivity contribution in [3.63, 3.8) is 0 Å². The third kappa shape index (κ3) is 4.21. The lowest BCUT2D eigenvalue weighted by Gasteiger charge is -2.23. The maximum absolute atomic E-state index is 13.0. The van der Waals surface area contributed by atoms with Crippen LogP contribution in [0.15, 0.2) is 27.6 Å². The quantitative estimate of drug-likeness (QED) is 0.643. The summed E-state index contributed by atoms with van der Waals surface area (Å²) < 4.78 is 28.2. The van der Waals surface area contributed by atoms with Gasteiger partial charge in [-0.25, -0.2) is 8.42 Å². The van der Waals surface area contributed by atoms with E-state index in [-0.39, 0.29) is 6.04 Å². The molecule has 0 aromatic heterocycles. The topological polar surface area (TPSA) is 37.4 Å². The minimum Gasteiger partial charge on any atom is -0.207 e. The molecule has 2 rings (SSSR count). The molecule has 0 bridgehead atoms. The number of nitrogens with zero attached hydrogens (tertiary/aromatic N) is 1. The van der Waals surface area contributed by atoms with E-state index in [1.165, 1.54) is 0 Å². The molecule has 21 heavy (non-hydrogen) atoms. The lowest BCUT2D eigenvalue weighted by Crippen LogP contribution is -2.34. The Hall–Kier alpha value is -0.100. The number of rotatable bonds is 7. The van der Waals surface area contributed by atoms with Crippen LogP contribution in [0.1, 0.15) is 38.7 Å². The van der Waals surface area contributed by atoms with Gasteiger partial charge in [-0.15, -0.1) is 11.6 Å². The van der Waals surface area contributed by atoms with Gasteiger partial charge in [-0.1, -0.05) is 19.9 Å². The Labute approximate surface area is 140 Å². The summed E-state index contributed by atoms with van der Waals surface area (Å²) in [6, 6.07) is 5.45. The van der Waals surface area contributed by atoms with Crippen molar-refractivity contribution in [3.05, 3.63) is 28.2 Å². The first-order chi connectivity index (χ1) is 9.86. The van der Waals surface area contributed by atoms with Gasteiger partial charge in [0, 0.05) is 22.9 Å². The summed E-state index contributed by atoms with van der Waals surface area (Å²) in [5.74, 6) is 0.796. The monoisotopic (exact) mass is 393 g/mol. The van der Waals surface area contributed by atoms with Crippen LogP contribution < -0.4 is 0 Å². The van der Waals surface area contributed by atoms with Crippen molar-refractivity contribution in [1.82, 2.24) is 4.31 Å². The molecule has 0 unspecified atom stereocenters. The first-order valence-electron chi connectivity index (χ1n) is 7.22. The lowest BCUT2D eigenvalue weighted by molar-refractivity contribution is 0.373. The first-order valence-corrected chi connectivity index (χ1v) is 9.99. The predicted octanol–water partition coefficient (Wildman–Crippen LogP) is 4.39. The third-order valence-corrected chi connectivity index (χ3v) is 6.87. The highest BCUT2D eigenvalue weighted by molar-refractivity contribution is 9.10. The molecule has 0 amide bonds. The molecule has 1 aliphatic carbocycles. The van der Waals surface area contributed by atoms with Gasteiger partial charge in [0.15, 0.2) is 0 Å². The summed E-state index contributed by atoms with van der Waals surface area (Å²) in [5, 5.41) is 0. The SMILES string of the molecule is CC(C)CCN(C1CC1)S(=O)(=O)c1cc(CCl)ccc1Br. The number of hydrogen-bond donors (Lipinski definition) is 0. The summed E-state index contributed by atoms with van der Waals surface area (Å²) in [4.78, 5) is 0.330. The van der Waals surface area contributed by atoms with Crippen LogP contribution in [0.25, 0.3) is 0 Å². The van der Waals surface area contributed by atoms with Crippen molar-refractivity contribution < 1.29 is 8.42 Å². The van der Waals surface area contributed by atoms with Crippen LogP contribution >= 0.6 is 27.5 Å². The van der Waals surface area contributed by atoms with Crippen molar-refractivity contribution in [2.75, 3.05) is 6.54 Å². The molecule has 0 aliphatic heterocycles. The summed E-state index contributed by atoms with van der Waals surface area (Å²) >= 11 is 9.20. The van der Waals surface area contributed by atoms with E-state index >= 15 is 0 Å². The summed E-state index contributed by atoms with van der Waals surface area (Å²) in [6.07, 6.45) is 2.80. The number of benzene rings is 1. The Kier molecular flexibility index (Phi) is 5.74. The van der Waals surface area contributed by atoms with Gasteiger partial charge in [-0.2, -0.15) is 4.31 Å². The Morgan fingerprint density at radius 3 is 2.57 bits per heavy atom. The van der Waals surface area contributed by atoms with Gasteiger partial charge in [0.05, 0.1) is 4.90 Å². The molecule has 0 radical (unpaired) electrons. The largest absolute Gasteiger partial charge is 0.244 e. The number of halogens is 2. The van der Waals surface area contributed by atoms with Crippen molar-refractivity contribution in [2.45, 2.75) is 49.9 Å². The van der Waals surface area contributed by atoms with E-state index in [2.05, 4.69) is 29.8 Å². The molecule has 0 N–H and O–H groups in total. The molecule has 3 nitrogen and oxygen atoms in total. The Morgan fingerprint density at radius 2 is 2.05 bits per heavy atom. The van der Waals surface area contributed by atoms with Crippen LogP contribution in [-0.2, 0) is 15.9 Å². The maximum atomic E-state index is 13.0. The fourth-order valence-electron chi connectivity index (χ4n) is 2.20. The van der Waals surface area contributed by atoms with E-state index in [9.17, 15) is 8.42 Å². The van der Waals surface area contributed by atoms with Gasteiger partial charge in [0.25, 0.3) is 0 Å². The Balaban J connectivity index is 2.34. The lowest BCUT2D eigenvalue weighted by atomic mass is 10.1. The molecule has 0 saturated heterocycles. The van der Waals surface area contributed by atoms with Crippen molar-refractivity contribution >= 4 is 37.6 Å². The molecule has 1 aromatic rings. The molecule has 1 saturated carbocycles. The van der Waals surface area contributed by atoms with E-state index in [0.717, 1.165) is 24.8 Å². The van der Waals surface area contributed by atoms with Gasteiger partial charge in [0.1, 0.15) is 0 Å². The summed E-state index contributed by atoms with van der Waals surface area (Å²) in [6.45, 7) is 4.81. The van der Waals surface area contributed by atoms with Crippen LogP contribution in [0.3, 0.4) is 0 Å². The summed E-state index contributed by atoms with van der Waals surface area (Å²) in [5.41, 5.74) is 0.818. The van der Waals surface area contributed by atoms with Crippen LogP contribution in [0, 0.1) is 5.92 Å². The molecule has 6 heteroatoms. The minimum atomic E-state index is -3.47. The summed E-state index contributed by atoms with van der Waals surface area (Å²) in [7, 11) is -3.47. The highest BCUT2D eigenvalue weighted by Gasteiger charge is 2.38. The second-order valence-corrected chi connectivity index (χ2v) is 8.91. The van der Waals surface area contributed by atoms with Gasteiger partial charge in [0.2, 0.25) is 10.0 Å². The average Bonchev–Trinajstić information content (AvgIpc) is 3.23. The third-order valence-electron chi connectivity index (χ3n) is 3.62. The Bertz CT molecular complexity index is 600. The van der Waals surface area contributed by atoms with Crippen molar-refractivity contribution in [1.29, 1.82) is 0 Å². The molecule has 0 spiro atoms. The predicted molar refractivity (Wildman–Crippen MR) is 90.1 cm³/mol. The van der Waals surface area contributed by atoms with E-state index in [1.54, 1.807) is 16.4 Å². The highest BCUT2D eigenvalue weighted by Crippen LogP contribution is 2.35. The minimum absolute atomic E-state index is 0.167. The smallest absolute Gasteiger partial charge is 0.207 e. The molecule has 0 atom stereocenters. The number of alkyl halides is 1. The van der Waals surface area contributed by atoms with E-state index in [1.807, 2.05) is 6.07 Å². The zero-order chi connectivity index (χ0) is 15.6. The van der Waals surface area contributed by atoms with Gasteiger partial charge in [-0.05, 0) is 58.8 Å². The molecular formula is C15H21BrClNO2S. The molecule has 0 heterocycles.